The van der Waals surface area contributed by atoms with Crippen LogP contribution in [0.15, 0.2) is 46.2 Å². The Balaban J connectivity index is 1.56. The summed E-state index contributed by atoms with van der Waals surface area (Å²) in [4.78, 5) is 21.6. The number of rotatable bonds is 4. The van der Waals surface area contributed by atoms with Crippen molar-refractivity contribution in [2.75, 3.05) is 18.0 Å². The van der Waals surface area contributed by atoms with Gasteiger partial charge in [0.1, 0.15) is 0 Å². The lowest BCUT2D eigenvalue weighted by Gasteiger charge is -2.34. The van der Waals surface area contributed by atoms with Crippen LogP contribution in [-0.2, 0) is 16.3 Å². The van der Waals surface area contributed by atoms with E-state index in [1.807, 2.05) is 6.92 Å². The number of pyridine rings is 2. The molecule has 1 aromatic carbocycles. The number of hydrogen-bond donors (Lipinski definition) is 1. The van der Waals surface area contributed by atoms with E-state index in [1.165, 1.54) is 11.8 Å². The zero-order valence-corrected chi connectivity index (χ0v) is 19.2. The number of piperidine rings is 1. The molecule has 0 radical (unpaired) electrons. The Morgan fingerprint density at radius 2 is 1.93 bits per heavy atom. The van der Waals surface area contributed by atoms with Crippen LogP contribution in [0, 0.1) is 6.92 Å². The van der Waals surface area contributed by atoms with Gasteiger partial charge in [0.25, 0.3) is 5.56 Å². The number of fused-ring (bicyclic) bond motifs is 1. The molecule has 3 heterocycles. The molecule has 0 bridgehead atoms. The lowest BCUT2D eigenvalue weighted by Crippen LogP contribution is -2.40. The number of sulfone groups is 1. The monoisotopic (exact) mass is 443 g/mol. The van der Waals surface area contributed by atoms with Crippen molar-refractivity contribution in [2.24, 2.45) is 0 Å². The number of aryl methyl sites for hydroxylation is 2. The van der Waals surface area contributed by atoms with E-state index in [-0.39, 0.29) is 10.5 Å². The van der Waals surface area contributed by atoms with Gasteiger partial charge in [-0.1, -0.05) is 24.6 Å². The van der Waals surface area contributed by atoms with E-state index < -0.39 is 15.1 Å². The second-order valence-corrected chi connectivity index (χ2v) is 10.7. The van der Waals surface area contributed by atoms with Gasteiger partial charge in [-0.15, -0.1) is 9.24 Å². The van der Waals surface area contributed by atoms with Crippen molar-refractivity contribution in [1.82, 2.24) is 9.97 Å². The van der Waals surface area contributed by atoms with Crippen LogP contribution in [-0.4, -0.2) is 36.7 Å². The summed E-state index contributed by atoms with van der Waals surface area (Å²) in [6.07, 6.45) is 3.14. The van der Waals surface area contributed by atoms with Gasteiger partial charge in [0.15, 0.2) is 9.84 Å². The van der Waals surface area contributed by atoms with Gasteiger partial charge >= 0.3 is 0 Å². The summed E-state index contributed by atoms with van der Waals surface area (Å²) in [6.45, 7) is 5.33. The number of aromatic amines is 1. The van der Waals surface area contributed by atoms with Gasteiger partial charge in [-0.3, -0.25) is 9.78 Å². The molecule has 1 N–H and O–H groups in total. The van der Waals surface area contributed by atoms with Crippen molar-refractivity contribution in [3.05, 3.63) is 58.0 Å². The van der Waals surface area contributed by atoms with Gasteiger partial charge < -0.3 is 9.88 Å². The molecule has 1 aliphatic rings. The SMILES string of the molecule is CCc1cc2ncc(S(=O)(=O)C3CCN(c4ccc(C)cc4P)CC3)cc2[nH]c1=O. The highest BCUT2D eigenvalue weighted by molar-refractivity contribution is 7.92. The molecular formula is C22H26N3O3PS. The molecule has 1 saturated heterocycles. The average molecular weight is 444 g/mol. The maximum Gasteiger partial charge on any atom is 0.251 e. The molecule has 4 rings (SSSR count). The third kappa shape index (κ3) is 3.88. The summed E-state index contributed by atoms with van der Waals surface area (Å²) in [6, 6.07) is 9.57. The molecule has 1 atom stereocenters. The van der Waals surface area contributed by atoms with Crippen LogP contribution in [0.25, 0.3) is 11.0 Å². The van der Waals surface area contributed by atoms with E-state index in [0.29, 0.717) is 48.9 Å². The molecule has 1 unspecified atom stereocenters. The number of nitrogens with zero attached hydrogens (tertiary/aromatic N) is 2. The average Bonchev–Trinajstić information content (AvgIpc) is 2.73. The Morgan fingerprint density at radius 3 is 2.60 bits per heavy atom. The fourth-order valence-corrected chi connectivity index (χ4v) is 6.32. The third-order valence-corrected chi connectivity index (χ3v) is 8.55. The van der Waals surface area contributed by atoms with Gasteiger partial charge in [0.05, 0.1) is 21.2 Å². The van der Waals surface area contributed by atoms with E-state index >= 15 is 0 Å². The molecule has 158 valence electrons. The van der Waals surface area contributed by atoms with Gasteiger partial charge in [-0.25, -0.2) is 8.42 Å². The first-order valence-electron chi connectivity index (χ1n) is 10.2. The smallest absolute Gasteiger partial charge is 0.251 e. The number of hydrogen-bond acceptors (Lipinski definition) is 5. The van der Waals surface area contributed by atoms with Crippen molar-refractivity contribution < 1.29 is 8.42 Å². The minimum atomic E-state index is -3.52. The van der Waals surface area contributed by atoms with Crippen LogP contribution in [0.3, 0.4) is 0 Å². The Morgan fingerprint density at radius 1 is 1.20 bits per heavy atom. The van der Waals surface area contributed by atoms with E-state index in [9.17, 15) is 13.2 Å². The largest absolute Gasteiger partial charge is 0.371 e. The van der Waals surface area contributed by atoms with Crippen LogP contribution in [0.1, 0.15) is 30.9 Å². The van der Waals surface area contributed by atoms with Crippen LogP contribution in [0.5, 0.6) is 0 Å². The lowest BCUT2D eigenvalue weighted by molar-refractivity contribution is 0.530. The molecule has 0 spiro atoms. The van der Waals surface area contributed by atoms with E-state index in [4.69, 9.17) is 0 Å². The van der Waals surface area contributed by atoms with Crippen LogP contribution < -0.4 is 15.8 Å². The quantitative estimate of drug-likeness (QED) is 0.627. The Bertz CT molecular complexity index is 1260. The van der Waals surface area contributed by atoms with Gasteiger partial charge in [-0.2, -0.15) is 0 Å². The first kappa shape index (κ1) is 21.0. The normalized spacial score (nSPS) is 15.6. The van der Waals surface area contributed by atoms with Crippen LogP contribution in [0.2, 0.25) is 0 Å². The fraction of sp³-hybridized carbons (Fsp3) is 0.364. The van der Waals surface area contributed by atoms with Crippen molar-refractivity contribution in [3.63, 3.8) is 0 Å². The molecule has 2 aromatic heterocycles. The second-order valence-electron chi connectivity index (χ2n) is 7.87. The fourth-order valence-electron chi connectivity index (χ4n) is 4.08. The van der Waals surface area contributed by atoms with E-state index in [0.717, 1.165) is 11.0 Å². The van der Waals surface area contributed by atoms with Gasteiger partial charge in [0, 0.05) is 30.5 Å². The summed E-state index contributed by atoms with van der Waals surface area (Å²) in [5.41, 5.74) is 3.85. The number of anilines is 1. The van der Waals surface area contributed by atoms with Gasteiger partial charge in [-0.05, 0) is 49.7 Å². The highest BCUT2D eigenvalue weighted by Crippen LogP contribution is 2.28. The first-order chi connectivity index (χ1) is 14.3. The zero-order chi connectivity index (χ0) is 21.5. The minimum Gasteiger partial charge on any atom is -0.371 e. The Labute approximate surface area is 178 Å². The molecule has 0 saturated carbocycles. The number of aromatic nitrogens is 2. The number of nitrogens with one attached hydrogen (secondary N) is 1. The summed E-state index contributed by atoms with van der Waals surface area (Å²) in [7, 11) is -0.751. The first-order valence-corrected chi connectivity index (χ1v) is 12.3. The topological polar surface area (TPSA) is 83.1 Å². The van der Waals surface area contributed by atoms with Crippen molar-refractivity contribution in [2.45, 2.75) is 43.3 Å². The molecule has 6 nitrogen and oxygen atoms in total. The van der Waals surface area contributed by atoms with Crippen molar-refractivity contribution in [3.8, 4) is 0 Å². The highest BCUT2D eigenvalue weighted by Gasteiger charge is 2.32. The van der Waals surface area contributed by atoms with Crippen LogP contribution in [0.4, 0.5) is 5.69 Å². The molecule has 0 amide bonds. The molecule has 1 aliphatic heterocycles. The maximum atomic E-state index is 13.2. The zero-order valence-electron chi connectivity index (χ0n) is 17.2. The summed E-state index contributed by atoms with van der Waals surface area (Å²) in [5.74, 6) is 0. The van der Waals surface area contributed by atoms with Gasteiger partial charge in [0.2, 0.25) is 0 Å². The highest BCUT2D eigenvalue weighted by atomic mass is 32.2. The van der Waals surface area contributed by atoms with Crippen molar-refractivity contribution >= 4 is 41.1 Å². The predicted octanol–water partition coefficient (Wildman–Crippen LogP) is 2.74. The summed E-state index contributed by atoms with van der Waals surface area (Å²) in [5, 5.41) is 0.679. The maximum absolute atomic E-state index is 13.2. The summed E-state index contributed by atoms with van der Waals surface area (Å²) < 4.78 is 26.5. The lowest BCUT2D eigenvalue weighted by atomic mass is 10.1. The molecular weight excluding hydrogens is 417 g/mol. The molecule has 3 aromatic rings. The Kier molecular flexibility index (Phi) is 5.69. The minimum absolute atomic E-state index is 0.176. The number of benzene rings is 1. The molecule has 30 heavy (non-hydrogen) atoms. The standard InChI is InChI=1S/C22H26N3O3PS/c1-3-15-11-18-19(24-22(15)26)12-17(13-23-18)30(27,28)16-6-8-25(9-7-16)20-5-4-14(2)10-21(20)29/h4-5,10-13,16H,3,6-9,29H2,1-2H3,(H,24,26). The predicted molar refractivity (Wildman–Crippen MR) is 125 cm³/mol. The molecule has 0 aliphatic carbocycles. The van der Waals surface area contributed by atoms with Crippen LogP contribution >= 0.6 is 9.24 Å². The third-order valence-electron chi connectivity index (χ3n) is 5.86. The van der Waals surface area contributed by atoms with E-state index in [2.05, 4.69) is 49.2 Å². The second kappa shape index (κ2) is 8.12. The molecule has 8 heteroatoms. The number of H-pyrrole nitrogens is 1. The van der Waals surface area contributed by atoms with E-state index in [1.54, 1.807) is 12.1 Å². The summed E-state index contributed by atoms with van der Waals surface area (Å²) >= 11 is 0. The Hall–Kier alpha value is -2.24. The van der Waals surface area contributed by atoms with Crippen molar-refractivity contribution in [1.29, 1.82) is 0 Å². The molecule has 1 fully saturated rings.